The molecule has 2 amide bonds. The second-order valence-corrected chi connectivity index (χ2v) is 5.88. The number of aliphatic carboxylic acids is 1. The Morgan fingerprint density at radius 3 is 2.45 bits per heavy atom. The van der Waals surface area contributed by atoms with Crippen molar-refractivity contribution in [3.8, 4) is 0 Å². The number of carboxylic acid groups (broad SMARTS) is 1. The molecule has 0 aliphatic heterocycles. The molecule has 1 aromatic heterocycles. The normalized spacial score (nSPS) is 14.4. The van der Waals surface area contributed by atoms with E-state index in [1.165, 1.54) is 16.7 Å². The van der Waals surface area contributed by atoms with Crippen molar-refractivity contribution < 1.29 is 27.9 Å². The van der Waals surface area contributed by atoms with Crippen LogP contribution in [-0.2, 0) is 11.3 Å². The predicted molar refractivity (Wildman–Crippen MR) is 69.5 cm³/mol. The smallest absolute Gasteiger partial charge is 0.422 e. The lowest BCUT2D eigenvalue weighted by atomic mass is 10.0. The van der Waals surface area contributed by atoms with Crippen LogP contribution in [0, 0.1) is 0 Å². The molecule has 1 unspecified atom stereocenters. The average Bonchev–Trinajstić information content (AvgIpc) is 2.70. The molecule has 0 radical (unpaired) electrons. The largest absolute Gasteiger partial charge is 0.479 e. The van der Waals surface area contributed by atoms with E-state index in [4.69, 9.17) is 5.11 Å². The van der Waals surface area contributed by atoms with E-state index in [0.29, 0.717) is 11.8 Å². The van der Waals surface area contributed by atoms with E-state index in [-0.39, 0.29) is 6.54 Å². The van der Waals surface area contributed by atoms with Crippen LogP contribution in [0.4, 0.5) is 18.0 Å². The zero-order valence-corrected chi connectivity index (χ0v) is 12.4. The van der Waals surface area contributed by atoms with Crippen LogP contribution < -0.4 is 10.6 Å². The minimum absolute atomic E-state index is 0.00431. The Hall–Kier alpha value is -1.29. The van der Waals surface area contributed by atoms with Gasteiger partial charge in [-0.15, -0.1) is 11.3 Å². The van der Waals surface area contributed by atoms with Crippen LogP contribution in [0.2, 0.25) is 0 Å². The zero-order valence-electron chi connectivity index (χ0n) is 10.0. The number of carboxylic acids is 1. The molecule has 3 N–H and O–H groups in total. The van der Waals surface area contributed by atoms with Gasteiger partial charge in [0.15, 0.2) is 0 Å². The quantitative estimate of drug-likeness (QED) is 0.757. The van der Waals surface area contributed by atoms with Crippen LogP contribution in [-0.4, -0.2) is 28.8 Å². The van der Waals surface area contributed by atoms with Crippen molar-refractivity contribution in [1.29, 1.82) is 0 Å². The van der Waals surface area contributed by atoms with Gasteiger partial charge in [-0.2, -0.15) is 13.2 Å². The van der Waals surface area contributed by atoms with Crippen LogP contribution in [0.3, 0.4) is 0 Å². The fourth-order valence-electron chi connectivity index (χ4n) is 1.13. The molecular weight excluding hydrogens is 365 g/mol. The maximum Gasteiger partial charge on any atom is 0.422 e. The van der Waals surface area contributed by atoms with Crippen molar-refractivity contribution in [2.75, 3.05) is 0 Å². The third kappa shape index (κ3) is 3.85. The lowest BCUT2D eigenvalue weighted by molar-refractivity contribution is -0.203. The fourth-order valence-corrected chi connectivity index (χ4v) is 2.52. The molecule has 0 fully saturated rings. The summed E-state index contributed by atoms with van der Waals surface area (Å²) in [4.78, 5) is 22.8. The number of alkyl halides is 3. The maximum atomic E-state index is 12.7. The Balaban J connectivity index is 2.66. The molecule has 1 rings (SSSR count). The number of thiophene rings is 1. The lowest BCUT2D eigenvalue weighted by Crippen LogP contribution is -2.63. The van der Waals surface area contributed by atoms with Crippen molar-refractivity contribution in [1.82, 2.24) is 10.6 Å². The second-order valence-electron chi connectivity index (χ2n) is 3.97. The summed E-state index contributed by atoms with van der Waals surface area (Å²) in [5, 5.41) is 14.0. The number of halogens is 4. The Bertz CT molecular complexity index is 520. The Morgan fingerprint density at radius 2 is 2.05 bits per heavy atom. The lowest BCUT2D eigenvalue weighted by Gasteiger charge is -2.28. The Morgan fingerprint density at radius 1 is 1.45 bits per heavy atom. The minimum atomic E-state index is -5.11. The Labute approximate surface area is 124 Å². The summed E-state index contributed by atoms with van der Waals surface area (Å²) in [5.41, 5.74) is -3.34. The van der Waals surface area contributed by atoms with Gasteiger partial charge in [0, 0.05) is 14.7 Å². The molecule has 0 saturated carbocycles. The van der Waals surface area contributed by atoms with Gasteiger partial charge in [-0.1, -0.05) is 0 Å². The number of nitrogens with one attached hydrogen (secondary N) is 2. The van der Waals surface area contributed by atoms with E-state index in [2.05, 4.69) is 21.2 Å². The number of carbonyl (C=O) groups excluding carboxylic acids is 1. The third-order valence-corrected chi connectivity index (χ3v) is 4.10. The molecule has 0 saturated heterocycles. The van der Waals surface area contributed by atoms with E-state index in [0.717, 1.165) is 4.47 Å². The predicted octanol–water partition coefficient (Wildman–Crippen LogP) is 2.72. The molecule has 0 bridgehead atoms. The number of hydrogen-bond donors (Lipinski definition) is 3. The highest BCUT2D eigenvalue weighted by Crippen LogP contribution is 2.30. The van der Waals surface area contributed by atoms with Gasteiger partial charge in [0.25, 0.3) is 0 Å². The fraction of sp³-hybridized carbons (Fsp3) is 0.400. The van der Waals surface area contributed by atoms with Gasteiger partial charge < -0.3 is 15.7 Å². The van der Waals surface area contributed by atoms with Gasteiger partial charge in [0.1, 0.15) is 0 Å². The summed E-state index contributed by atoms with van der Waals surface area (Å²) in [6.45, 7) is 0.381. The molecule has 112 valence electrons. The summed E-state index contributed by atoms with van der Waals surface area (Å²) in [6.07, 6.45) is -5.11. The maximum absolute atomic E-state index is 12.7. The van der Waals surface area contributed by atoms with Gasteiger partial charge in [-0.3, -0.25) is 0 Å². The van der Waals surface area contributed by atoms with Gasteiger partial charge in [-0.25, -0.2) is 9.59 Å². The first-order valence-electron chi connectivity index (χ1n) is 5.15. The highest BCUT2D eigenvalue weighted by Gasteiger charge is 2.58. The van der Waals surface area contributed by atoms with E-state index >= 15 is 0 Å². The van der Waals surface area contributed by atoms with Crippen LogP contribution in [0.25, 0.3) is 0 Å². The molecule has 5 nitrogen and oxygen atoms in total. The number of amides is 2. The highest BCUT2D eigenvalue weighted by molar-refractivity contribution is 9.10. The second kappa shape index (κ2) is 6.00. The molecule has 0 aliphatic carbocycles. The molecule has 10 heteroatoms. The SMILES string of the molecule is CC(NC(=O)NCc1cc(Br)cs1)(C(=O)O)C(F)(F)F. The van der Waals surface area contributed by atoms with Gasteiger partial charge >= 0.3 is 18.2 Å². The number of rotatable bonds is 4. The Kier molecular flexibility index (Phi) is 5.03. The highest BCUT2D eigenvalue weighted by atomic mass is 79.9. The van der Waals surface area contributed by atoms with E-state index in [9.17, 15) is 22.8 Å². The summed E-state index contributed by atoms with van der Waals surface area (Å²) in [7, 11) is 0. The molecule has 20 heavy (non-hydrogen) atoms. The van der Waals surface area contributed by atoms with Crippen LogP contribution >= 0.6 is 27.3 Å². The van der Waals surface area contributed by atoms with Crippen molar-refractivity contribution in [3.05, 3.63) is 20.8 Å². The number of hydrogen-bond acceptors (Lipinski definition) is 3. The standard InChI is InChI=1S/C10H10BrF3N2O3S/c1-9(7(17)18,10(12,13)14)16-8(19)15-3-6-2-5(11)4-20-6/h2,4H,3H2,1H3,(H,17,18)(H2,15,16,19). The number of carbonyl (C=O) groups is 2. The van der Waals surface area contributed by atoms with Gasteiger partial charge in [0.2, 0.25) is 5.54 Å². The van der Waals surface area contributed by atoms with Crippen LogP contribution in [0.15, 0.2) is 15.9 Å². The first-order valence-corrected chi connectivity index (χ1v) is 6.82. The molecule has 0 aromatic carbocycles. The first kappa shape index (κ1) is 16.8. The van der Waals surface area contributed by atoms with Crippen molar-refractivity contribution in [3.63, 3.8) is 0 Å². The number of urea groups is 1. The average molecular weight is 375 g/mol. The minimum Gasteiger partial charge on any atom is -0.479 e. The monoisotopic (exact) mass is 374 g/mol. The van der Waals surface area contributed by atoms with Gasteiger partial charge in [0.05, 0.1) is 6.54 Å². The molecular formula is C10H10BrF3N2O3S. The van der Waals surface area contributed by atoms with E-state index < -0.39 is 23.7 Å². The molecule has 1 aromatic rings. The van der Waals surface area contributed by atoms with Crippen molar-refractivity contribution in [2.24, 2.45) is 0 Å². The topological polar surface area (TPSA) is 78.4 Å². The summed E-state index contributed by atoms with van der Waals surface area (Å²) >= 11 is 4.48. The summed E-state index contributed by atoms with van der Waals surface area (Å²) in [6, 6.07) is 0.474. The third-order valence-electron chi connectivity index (χ3n) is 2.40. The van der Waals surface area contributed by atoms with Crippen molar-refractivity contribution in [2.45, 2.75) is 25.2 Å². The van der Waals surface area contributed by atoms with E-state index in [1.54, 1.807) is 11.4 Å². The zero-order chi connectivity index (χ0) is 15.6. The molecule has 1 heterocycles. The first-order chi connectivity index (χ1) is 9.06. The molecule has 0 spiro atoms. The van der Waals surface area contributed by atoms with Gasteiger partial charge in [-0.05, 0) is 28.9 Å². The summed E-state index contributed by atoms with van der Waals surface area (Å²) in [5.74, 6) is -2.18. The van der Waals surface area contributed by atoms with E-state index in [1.807, 2.05) is 0 Å². The molecule has 1 atom stereocenters. The summed E-state index contributed by atoms with van der Waals surface area (Å²) < 4.78 is 38.7. The van der Waals surface area contributed by atoms with Crippen LogP contribution in [0.5, 0.6) is 0 Å². The molecule has 0 aliphatic rings. The van der Waals surface area contributed by atoms with Crippen molar-refractivity contribution >= 4 is 39.3 Å². The van der Waals surface area contributed by atoms with Crippen LogP contribution in [0.1, 0.15) is 11.8 Å².